The molecule has 1 atom stereocenters. The Hall–Kier alpha value is -2.25. The van der Waals surface area contributed by atoms with E-state index in [9.17, 15) is 14.7 Å². The number of hydrogen-bond acceptors (Lipinski definition) is 6. The molecule has 7 heteroatoms. The molecule has 2 aromatic rings. The molecule has 170 valence electrons. The van der Waals surface area contributed by atoms with Crippen LogP contribution in [0.15, 0.2) is 16.9 Å². The molecule has 1 heterocycles. The second kappa shape index (κ2) is 13.9. The van der Waals surface area contributed by atoms with Crippen molar-refractivity contribution in [1.29, 1.82) is 0 Å². The quantitative estimate of drug-likeness (QED) is 0.688. The number of ether oxygens (including phenoxy) is 1. The van der Waals surface area contributed by atoms with E-state index in [-0.39, 0.29) is 5.69 Å². The molecule has 7 nitrogen and oxygen atoms in total. The Morgan fingerprint density at radius 3 is 2.23 bits per heavy atom. The molecule has 0 aliphatic carbocycles. The zero-order valence-electron chi connectivity index (χ0n) is 20.1. The van der Waals surface area contributed by atoms with Crippen molar-refractivity contribution >= 4 is 17.0 Å². The number of aromatic nitrogens is 2. The van der Waals surface area contributed by atoms with Crippen LogP contribution in [0, 0.1) is 13.8 Å². The standard InChI is InChI=1S/C19H27N3O4.2C2H6/c1-12-10-15-16(11-13(12)2)22(9-7-14(23)6-8-21(3)4)18(24)17(20-15)19(25)26-5;2*1-2/h10-11,14,23H,6-9H2,1-5H3;2*1-2H3. The molecule has 0 aliphatic rings. The van der Waals surface area contributed by atoms with Gasteiger partial charge in [-0.1, -0.05) is 27.7 Å². The van der Waals surface area contributed by atoms with Crippen molar-refractivity contribution < 1.29 is 14.6 Å². The van der Waals surface area contributed by atoms with Gasteiger partial charge in [0.2, 0.25) is 5.69 Å². The maximum atomic E-state index is 12.8. The first-order chi connectivity index (χ1) is 14.2. The lowest BCUT2D eigenvalue weighted by Crippen LogP contribution is -2.30. The van der Waals surface area contributed by atoms with Crippen LogP contribution >= 0.6 is 0 Å². The molecule has 0 aliphatic heterocycles. The number of methoxy groups -OCH3 is 1. The van der Waals surface area contributed by atoms with Gasteiger partial charge in [-0.3, -0.25) is 4.79 Å². The monoisotopic (exact) mass is 421 g/mol. The predicted octanol–water partition coefficient (Wildman–Crippen LogP) is 3.56. The number of carbonyl (C=O) groups excluding carboxylic acids is 1. The Bertz CT molecular complexity index is 860. The zero-order chi connectivity index (χ0) is 23.4. The van der Waals surface area contributed by atoms with Crippen LogP contribution in [0.25, 0.3) is 11.0 Å². The number of aliphatic hydroxyl groups excluding tert-OH is 1. The Balaban J connectivity index is 0.00000198. The van der Waals surface area contributed by atoms with Gasteiger partial charge in [0.1, 0.15) is 0 Å². The molecule has 30 heavy (non-hydrogen) atoms. The molecular weight excluding hydrogens is 382 g/mol. The summed E-state index contributed by atoms with van der Waals surface area (Å²) < 4.78 is 6.21. The number of carbonyl (C=O) groups is 1. The Morgan fingerprint density at radius 1 is 1.13 bits per heavy atom. The van der Waals surface area contributed by atoms with Gasteiger partial charge >= 0.3 is 5.97 Å². The van der Waals surface area contributed by atoms with Gasteiger partial charge in [-0.25, -0.2) is 9.78 Å². The third-order valence-electron chi connectivity index (χ3n) is 4.54. The SMILES string of the molecule is CC.CC.COC(=O)c1nc2cc(C)c(C)cc2n(CCC(O)CCN(C)C)c1=O. The second-order valence-corrected chi connectivity index (χ2v) is 6.87. The molecular formula is C23H39N3O4. The van der Waals surface area contributed by atoms with E-state index in [1.807, 2.05) is 72.7 Å². The van der Waals surface area contributed by atoms with E-state index < -0.39 is 17.6 Å². The van der Waals surface area contributed by atoms with Gasteiger partial charge in [0.15, 0.2) is 0 Å². The van der Waals surface area contributed by atoms with Gasteiger partial charge in [0, 0.05) is 6.54 Å². The Kier molecular flexibility index (Phi) is 12.8. The highest BCUT2D eigenvalue weighted by molar-refractivity contribution is 5.89. The Morgan fingerprint density at radius 2 is 1.70 bits per heavy atom. The van der Waals surface area contributed by atoms with Gasteiger partial charge < -0.3 is 19.3 Å². The second-order valence-electron chi connectivity index (χ2n) is 6.87. The number of aryl methyl sites for hydroxylation is 3. The lowest BCUT2D eigenvalue weighted by molar-refractivity contribution is 0.0591. The third kappa shape index (κ3) is 7.54. The van der Waals surface area contributed by atoms with Gasteiger partial charge in [-0.05, 0) is 70.6 Å². The molecule has 0 saturated carbocycles. The molecule has 1 aromatic carbocycles. The molecule has 1 aromatic heterocycles. The van der Waals surface area contributed by atoms with Crippen LogP contribution < -0.4 is 5.56 Å². The van der Waals surface area contributed by atoms with Crippen LogP contribution in [0.2, 0.25) is 0 Å². The number of esters is 1. The molecule has 0 bridgehead atoms. The minimum Gasteiger partial charge on any atom is -0.464 e. The number of benzene rings is 1. The molecule has 2 rings (SSSR count). The summed E-state index contributed by atoms with van der Waals surface area (Å²) in [5, 5.41) is 10.2. The fourth-order valence-corrected chi connectivity index (χ4v) is 2.78. The lowest BCUT2D eigenvalue weighted by atomic mass is 10.1. The highest BCUT2D eigenvalue weighted by atomic mass is 16.5. The molecule has 0 fully saturated rings. The predicted molar refractivity (Wildman–Crippen MR) is 123 cm³/mol. The average molecular weight is 422 g/mol. The molecule has 0 radical (unpaired) electrons. The van der Waals surface area contributed by atoms with Crippen molar-refractivity contribution in [3.8, 4) is 0 Å². The number of fused-ring (bicyclic) bond motifs is 1. The van der Waals surface area contributed by atoms with Crippen molar-refractivity contribution in [3.05, 3.63) is 39.3 Å². The van der Waals surface area contributed by atoms with Crippen LogP contribution in [0.4, 0.5) is 0 Å². The smallest absolute Gasteiger partial charge is 0.362 e. The van der Waals surface area contributed by atoms with E-state index in [0.717, 1.165) is 17.7 Å². The fourth-order valence-electron chi connectivity index (χ4n) is 2.78. The lowest BCUT2D eigenvalue weighted by Gasteiger charge is -2.17. The highest BCUT2D eigenvalue weighted by Crippen LogP contribution is 2.18. The summed E-state index contributed by atoms with van der Waals surface area (Å²) in [7, 11) is 5.12. The highest BCUT2D eigenvalue weighted by Gasteiger charge is 2.19. The summed E-state index contributed by atoms with van der Waals surface area (Å²) in [6, 6.07) is 3.75. The maximum Gasteiger partial charge on any atom is 0.362 e. The molecule has 1 unspecified atom stereocenters. The van der Waals surface area contributed by atoms with Gasteiger partial charge in [0.05, 0.1) is 24.2 Å². The Labute approximate surface area is 180 Å². The first-order valence-electron chi connectivity index (χ1n) is 10.7. The van der Waals surface area contributed by atoms with E-state index in [0.29, 0.717) is 30.4 Å². The van der Waals surface area contributed by atoms with E-state index in [1.165, 1.54) is 11.7 Å². The first-order valence-corrected chi connectivity index (χ1v) is 10.7. The minimum atomic E-state index is -0.753. The van der Waals surface area contributed by atoms with Gasteiger partial charge in [-0.15, -0.1) is 0 Å². The van der Waals surface area contributed by atoms with Crippen LogP contribution in [0.1, 0.15) is 62.2 Å². The number of rotatable bonds is 7. The molecule has 1 N–H and O–H groups in total. The first kappa shape index (κ1) is 27.8. The van der Waals surface area contributed by atoms with Crippen molar-refractivity contribution in [2.45, 2.75) is 67.0 Å². The molecule has 0 spiro atoms. The van der Waals surface area contributed by atoms with Gasteiger partial charge in [-0.2, -0.15) is 0 Å². The van der Waals surface area contributed by atoms with Crippen LogP contribution in [0.5, 0.6) is 0 Å². The summed E-state index contributed by atoms with van der Waals surface area (Å²) in [6.07, 6.45) is 0.508. The maximum absolute atomic E-state index is 12.8. The molecule has 0 amide bonds. The average Bonchev–Trinajstić information content (AvgIpc) is 2.75. The van der Waals surface area contributed by atoms with Crippen LogP contribution in [-0.4, -0.2) is 59.4 Å². The van der Waals surface area contributed by atoms with Crippen LogP contribution in [0.3, 0.4) is 0 Å². The number of hydrogen-bond donors (Lipinski definition) is 1. The summed E-state index contributed by atoms with van der Waals surface area (Å²) in [5.41, 5.74) is 2.56. The topological polar surface area (TPSA) is 84.7 Å². The number of aliphatic hydroxyl groups is 1. The summed E-state index contributed by atoms with van der Waals surface area (Å²) >= 11 is 0. The van der Waals surface area contributed by atoms with Gasteiger partial charge in [0.25, 0.3) is 5.56 Å². The molecule has 0 saturated heterocycles. The van der Waals surface area contributed by atoms with E-state index >= 15 is 0 Å². The van der Waals surface area contributed by atoms with E-state index in [1.54, 1.807) is 0 Å². The van der Waals surface area contributed by atoms with Crippen molar-refractivity contribution in [2.75, 3.05) is 27.7 Å². The third-order valence-corrected chi connectivity index (χ3v) is 4.54. The van der Waals surface area contributed by atoms with Crippen LogP contribution in [-0.2, 0) is 11.3 Å². The zero-order valence-corrected chi connectivity index (χ0v) is 20.1. The minimum absolute atomic E-state index is 0.231. The number of nitrogens with zero attached hydrogens (tertiary/aromatic N) is 3. The van der Waals surface area contributed by atoms with E-state index in [2.05, 4.69) is 4.98 Å². The normalized spacial score (nSPS) is 11.3. The van der Waals surface area contributed by atoms with E-state index in [4.69, 9.17) is 4.74 Å². The van der Waals surface area contributed by atoms with Crippen molar-refractivity contribution in [3.63, 3.8) is 0 Å². The summed E-state index contributed by atoms with van der Waals surface area (Å²) in [4.78, 5) is 30.9. The summed E-state index contributed by atoms with van der Waals surface area (Å²) in [6.45, 7) is 13.0. The summed E-state index contributed by atoms with van der Waals surface area (Å²) in [5.74, 6) is -0.753. The fraction of sp³-hybridized carbons (Fsp3) is 0.609. The van der Waals surface area contributed by atoms with Crippen molar-refractivity contribution in [2.24, 2.45) is 0 Å². The van der Waals surface area contributed by atoms with Crippen molar-refractivity contribution in [1.82, 2.24) is 14.5 Å². The largest absolute Gasteiger partial charge is 0.464 e.